The highest BCUT2D eigenvalue weighted by Gasteiger charge is 2.20. The molecule has 8 nitrogen and oxygen atoms in total. The number of aromatic nitrogens is 3. The third-order valence-electron chi connectivity index (χ3n) is 5.08. The van der Waals surface area contributed by atoms with E-state index >= 15 is 0 Å². The molecule has 0 aliphatic carbocycles. The molecule has 0 fully saturated rings. The number of furan rings is 1. The summed E-state index contributed by atoms with van der Waals surface area (Å²) in [6.07, 6.45) is 1.87. The SMILES string of the molecule is COc1cccc(-c2nnc(SCC(=O)N(CCC#N)c3ccccc3)n2Cc2ccco2)c1. The predicted molar refractivity (Wildman–Crippen MR) is 130 cm³/mol. The summed E-state index contributed by atoms with van der Waals surface area (Å²) < 4.78 is 12.8. The van der Waals surface area contributed by atoms with Crippen LogP contribution in [0.5, 0.6) is 5.75 Å². The molecule has 4 rings (SSSR count). The Morgan fingerprint density at radius 1 is 1.15 bits per heavy atom. The van der Waals surface area contributed by atoms with E-state index < -0.39 is 0 Å². The van der Waals surface area contributed by atoms with Gasteiger partial charge in [-0.1, -0.05) is 42.1 Å². The van der Waals surface area contributed by atoms with Gasteiger partial charge in [0.2, 0.25) is 5.91 Å². The van der Waals surface area contributed by atoms with Crippen molar-refractivity contribution in [1.29, 1.82) is 5.26 Å². The summed E-state index contributed by atoms with van der Waals surface area (Å²) >= 11 is 1.30. The highest BCUT2D eigenvalue weighted by Crippen LogP contribution is 2.28. The van der Waals surface area contributed by atoms with Crippen LogP contribution in [0.15, 0.2) is 82.6 Å². The Hall–Kier alpha value is -4.03. The first kappa shape index (κ1) is 23.1. The van der Waals surface area contributed by atoms with Crippen molar-refractivity contribution in [2.75, 3.05) is 24.3 Å². The zero-order chi connectivity index (χ0) is 23.8. The molecule has 34 heavy (non-hydrogen) atoms. The minimum Gasteiger partial charge on any atom is -0.497 e. The molecule has 0 bridgehead atoms. The van der Waals surface area contributed by atoms with Gasteiger partial charge in [0.1, 0.15) is 11.5 Å². The lowest BCUT2D eigenvalue weighted by Crippen LogP contribution is -2.33. The van der Waals surface area contributed by atoms with Crippen LogP contribution in [0.25, 0.3) is 11.4 Å². The molecule has 0 N–H and O–H groups in total. The Labute approximate surface area is 201 Å². The van der Waals surface area contributed by atoms with Crippen LogP contribution in [0.3, 0.4) is 0 Å². The summed E-state index contributed by atoms with van der Waals surface area (Å²) in [5, 5.41) is 18.4. The predicted octanol–water partition coefficient (Wildman–Crippen LogP) is 4.63. The van der Waals surface area contributed by atoms with Crippen LogP contribution < -0.4 is 9.64 Å². The summed E-state index contributed by atoms with van der Waals surface area (Å²) in [5.41, 5.74) is 1.61. The number of hydrogen-bond donors (Lipinski definition) is 0. The van der Waals surface area contributed by atoms with E-state index in [9.17, 15) is 4.79 Å². The summed E-state index contributed by atoms with van der Waals surface area (Å²) in [7, 11) is 1.62. The Bertz CT molecular complexity index is 1270. The topological polar surface area (TPSA) is 97.2 Å². The number of nitriles is 1. The average Bonchev–Trinajstić information content (AvgIpc) is 3.54. The lowest BCUT2D eigenvalue weighted by molar-refractivity contribution is -0.116. The van der Waals surface area contributed by atoms with E-state index in [1.165, 1.54) is 11.8 Å². The molecule has 0 radical (unpaired) electrons. The van der Waals surface area contributed by atoms with E-state index in [1.807, 2.05) is 71.3 Å². The van der Waals surface area contributed by atoms with E-state index in [-0.39, 0.29) is 18.1 Å². The Kier molecular flexibility index (Phi) is 7.63. The van der Waals surface area contributed by atoms with Crippen LogP contribution in [-0.2, 0) is 11.3 Å². The minimum atomic E-state index is -0.109. The Balaban J connectivity index is 1.59. The smallest absolute Gasteiger partial charge is 0.237 e. The van der Waals surface area contributed by atoms with Gasteiger partial charge in [-0.3, -0.25) is 9.36 Å². The van der Waals surface area contributed by atoms with E-state index in [0.29, 0.717) is 29.8 Å². The molecule has 0 spiro atoms. The van der Waals surface area contributed by atoms with Gasteiger partial charge in [0.05, 0.1) is 38.2 Å². The van der Waals surface area contributed by atoms with Crippen molar-refractivity contribution in [3.63, 3.8) is 0 Å². The minimum absolute atomic E-state index is 0.109. The van der Waals surface area contributed by atoms with Gasteiger partial charge in [0.25, 0.3) is 0 Å². The van der Waals surface area contributed by atoms with Crippen LogP contribution in [0.1, 0.15) is 12.2 Å². The van der Waals surface area contributed by atoms with Gasteiger partial charge < -0.3 is 14.1 Å². The number of nitrogens with zero attached hydrogens (tertiary/aromatic N) is 5. The summed E-state index contributed by atoms with van der Waals surface area (Å²) in [6, 6.07) is 22.8. The molecule has 9 heteroatoms. The molecule has 4 aromatic rings. The summed E-state index contributed by atoms with van der Waals surface area (Å²) in [4.78, 5) is 14.7. The zero-order valence-corrected chi connectivity index (χ0v) is 19.4. The monoisotopic (exact) mass is 473 g/mol. The van der Waals surface area contributed by atoms with Crippen molar-refractivity contribution in [2.45, 2.75) is 18.1 Å². The second-order valence-electron chi connectivity index (χ2n) is 7.28. The number of carbonyl (C=O) groups is 1. The van der Waals surface area contributed by atoms with Gasteiger partial charge >= 0.3 is 0 Å². The van der Waals surface area contributed by atoms with Crippen molar-refractivity contribution >= 4 is 23.4 Å². The molecule has 0 unspecified atom stereocenters. The normalized spacial score (nSPS) is 10.6. The van der Waals surface area contributed by atoms with E-state index in [0.717, 1.165) is 17.0 Å². The molecule has 2 aromatic heterocycles. The number of benzene rings is 2. The largest absolute Gasteiger partial charge is 0.497 e. The number of para-hydroxylation sites is 1. The Morgan fingerprint density at radius 2 is 2.00 bits per heavy atom. The fraction of sp³-hybridized carbons (Fsp3) is 0.200. The molecular weight excluding hydrogens is 450 g/mol. The number of rotatable bonds is 10. The number of carbonyl (C=O) groups excluding carboxylic acids is 1. The quantitative estimate of drug-likeness (QED) is 0.310. The molecule has 0 aliphatic heterocycles. The van der Waals surface area contributed by atoms with Gasteiger partial charge in [-0.05, 0) is 36.4 Å². The van der Waals surface area contributed by atoms with E-state index in [2.05, 4.69) is 16.3 Å². The first-order chi connectivity index (χ1) is 16.7. The fourth-order valence-electron chi connectivity index (χ4n) is 3.44. The molecule has 2 heterocycles. The fourth-order valence-corrected chi connectivity index (χ4v) is 4.26. The Morgan fingerprint density at radius 3 is 2.74 bits per heavy atom. The number of anilines is 1. The average molecular weight is 474 g/mol. The molecule has 1 amide bonds. The van der Waals surface area contributed by atoms with Crippen LogP contribution in [-0.4, -0.2) is 40.1 Å². The lowest BCUT2D eigenvalue weighted by Gasteiger charge is -2.21. The van der Waals surface area contributed by atoms with Gasteiger partial charge in [-0.25, -0.2) is 0 Å². The third-order valence-corrected chi connectivity index (χ3v) is 6.03. The van der Waals surface area contributed by atoms with Crippen LogP contribution >= 0.6 is 11.8 Å². The highest BCUT2D eigenvalue weighted by molar-refractivity contribution is 7.99. The number of amides is 1. The second-order valence-corrected chi connectivity index (χ2v) is 8.22. The van der Waals surface area contributed by atoms with Crippen molar-refractivity contribution in [2.24, 2.45) is 0 Å². The lowest BCUT2D eigenvalue weighted by atomic mass is 10.2. The molecule has 0 aliphatic rings. The maximum Gasteiger partial charge on any atom is 0.237 e. The summed E-state index contributed by atoms with van der Waals surface area (Å²) in [5.74, 6) is 2.15. The molecule has 172 valence electrons. The summed E-state index contributed by atoms with van der Waals surface area (Å²) in [6.45, 7) is 0.744. The first-order valence-corrected chi connectivity index (χ1v) is 11.6. The highest BCUT2D eigenvalue weighted by atomic mass is 32.2. The van der Waals surface area contributed by atoms with Gasteiger partial charge in [-0.2, -0.15) is 5.26 Å². The molecule has 0 saturated heterocycles. The molecular formula is C25H23N5O3S. The van der Waals surface area contributed by atoms with Crippen molar-refractivity contribution < 1.29 is 13.9 Å². The first-order valence-electron chi connectivity index (χ1n) is 10.6. The molecule has 0 saturated carbocycles. The van der Waals surface area contributed by atoms with Crippen molar-refractivity contribution in [1.82, 2.24) is 14.8 Å². The zero-order valence-electron chi connectivity index (χ0n) is 18.6. The number of ether oxygens (including phenoxy) is 1. The molecule has 2 aromatic carbocycles. The van der Waals surface area contributed by atoms with E-state index in [4.69, 9.17) is 14.4 Å². The van der Waals surface area contributed by atoms with Gasteiger partial charge in [0.15, 0.2) is 11.0 Å². The van der Waals surface area contributed by atoms with Gasteiger partial charge in [0, 0.05) is 17.8 Å². The number of methoxy groups -OCH3 is 1. The van der Waals surface area contributed by atoms with Crippen LogP contribution in [0, 0.1) is 11.3 Å². The molecule has 0 atom stereocenters. The van der Waals surface area contributed by atoms with Crippen LogP contribution in [0.2, 0.25) is 0 Å². The number of hydrogen-bond acceptors (Lipinski definition) is 7. The third kappa shape index (κ3) is 5.47. The maximum absolute atomic E-state index is 13.1. The number of thioether (sulfide) groups is 1. The second kappa shape index (κ2) is 11.2. The van der Waals surface area contributed by atoms with Gasteiger partial charge in [-0.15, -0.1) is 10.2 Å². The van der Waals surface area contributed by atoms with Crippen molar-refractivity contribution in [3.8, 4) is 23.2 Å². The van der Waals surface area contributed by atoms with Crippen molar-refractivity contribution in [3.05, 3.63) is 78.8 Å². The standard InChI is InChI=1S/C25H23N5O3S/c1-32-21-11-5-8-19(16-21)24-27-28-25(30(24)17-22-12-6-15-33-22)34-18-23(31)29(14-7-13-26)20-9-3-2-4-10-20/h2-6,8-12,15-16H,7,14,17-18H2,1H3. The van der Waals surface area contributed by atoms with Crippen LogP contribution in [0.4, 0.5) is 5.69 Å². The maximum atomic E-state index is 13.1. The van der Waals surface area contributed by atoms with E-state index in [1.54, 1.807) is 18.3 Å².